The maximum atomic E-state index is 12.5. The van der Waals surface area contributed by atoms with Crippen LogP contribution in [-0.2, 0) is 4.74 Å². The molecule has 0 unspecified atom stereocenters. The van der Waals surface area contributed by atoms with Gasteiger partial charge < -0.3 is 14.8 Å². The molecule has 4 aromatic rings. The Hall–Kier alpha value is -3.66. The second-order valence-corrected chi connectivity index (χ2v) is 7.97. The van der Waals surface area contributed by atoms with Crippen LogP contribution in [0.15, 0.2) is 41.7 Å². The Bertz CT molecular complexity index is 1340. The van der Waals surface area contributed by atoms with E-state index in [-0.39, 0.29) is 12.2 Å². The summed E-state index contributed by atoms with van der Waals surface area (Å²) < 4.78 is 12.4. The largest absolute Gasteiger partial charge is 0.494 e. The molecule has 0 radical (unpaired) electrons. The SMILES string of the molecule is CCOC(=O)c1cnc(SC)nc1Nc1cc(C)nn1-c1cc(C)c2cccc(OC)c2n1. The molecule has 1 N–H and O–H groups in total. The van der Waals surface area contributed by atoms with E-state index in [0.29, 0.717) is 28.4 Å². The van der Waals surface area contributed by atoms with Crippen molar-refractivity contribution in [3.8, 4) is 11.6 Å². The molecule has 4 rings (SSSR count). The lowest BCUT2D eigenvalue weighted by atomic mass is 10.1. The van der Waals surface area contributed by atoms with Gasteiger partial charge in [-0.2, -0.15) is 9.78 Å². The number of rotatable bonds is 7. The molecule has 0 bridgehead atoms. The fourth-order valence-corrected chi connectivity index (χ4v) is 3.79. The zero-order chi connectivity index (χ0) is 23.5. The van der Waals surface area contributed by atoms with Gasteiger partial charge in [-0.25, -0.2) is 19.7 Å². The van der Waals surface area contributed by atoms with Crippen molar-refractivity contribution in [1.82, 2.24) is 24.7 Å². The van der Waals surface area contributed by atoms with Gasteiger partial charge in [0, 0.05) is 17.6 Å². The minimum Gasteiger partial charge on any atom is -0.494 e. The van der Waals surface area contributed by atoms with Crippen molar-refractivity contribution in [2.75, 3.05) is 25.3 Å². The van der Waals surface area contributed by atoms with Crippen molar-refractivity contribution in [3.63, 3.8) is 0 Å². The van der Waals surface area contributed by atoms with E-state index < -0.39 is 5.97 Å². The lowest BCUT2D eigenvalue weighted by Gasteiger charge is -2.14. The van der Waals surface area contributed by atoms with E-state index in [9.17, 15) is 4.79 Å². The highest BCUT2D eigenvalue weighted by Crippen LogP contribution is 2.29. The summed E-state index contributed by atoms with van der Waals surface area (Å²) in [6.45, 7) is 5.91. The Balaban J connectivity index is 1.83. The van der Waals surface area contributed by atoms with E-state index in [2.05, 4.69) is 20.4 Å². The van der Waals surface area contributed by atoms with E-state index in [1.165, 1.54) is 18.0 Å². The molecule has 0 aliphatic rings. The molecular weight excluding hydrogens is 440 g/mol. The van der Waals surface area contributed by atoms with E-state index in [1.807, 2.05) is 50.4 Å². The highest BCUT2D eigenvalue weighted by atomic mass is 32.2. The van der Waals surface area contributed by atoms with Gasteiger partial charge in [0.2, 0.25) is 0 Å². The highest BCUT2D eigenvalue weighted by molar-refractivity contribution is 7.98. The van der Waals surface area contributed by atoms with Gasteiger partial charge in [-0.3, -0.25) is 0 Å². The molecule has 10 heteroatoms. The molecule has 170 valence electrons. The maximum absolute atomic E-state index is 12.5. The maximum Gasteiger partial charge on any atom is 0.343 e. The first-order valence-corrected chi connectivity index (χ1v) is 11.5. The first-order chi connectivity index (χ1) is 15.9. The molecule has 0 amide bonds. The summed E-state index contributed by atoms with van der Waals surface area (Å²) in [5.41, 5.74) is 2.79. The lowest BCUT2D eigenvalue weighted by molar-refractivity contribution is 0.0526. The van der Waals surface area contributed by atoms with Gasteiger partial charge in [0.25, 0.3) is 0 Å². The number of hydrogen-bond donors (Lipinski definition) is 1. The molecular formula is C23H24N6O3S. The number of thioether (sulfide) groups is 1. The number of carbonyl (C=O) groups is 1. The monoisotopic (exact) mass is 464 g/mol. The van der Waals surface area contributed by atoms with E-state index >= 15 is 0 Å². The third kappa shape index (κ3) is 4.47. The minimum absolute atomic E-state index is 0.240. The third-order valence-electron chi connectivity index (χ3n) is 4.96. The van der Waals surface area contributed by atoms with Crippen molar-refractivity contribution in [3.05, 3.63) is 53.3 Å². The zero-order valence-electron chi connectivity index (χ0n) is 19.0. The van der Waals surface area contributed by atoms with Crippen molar-refractivity contribution in [2.45, 2.75) is 25.9 Å². The van der Waals surface area contributed by atoms with Gasteiger partial charge in [0.15, 0.2) is 16.8 Å². The molecule has 3 heterocycles. The average molecular weight is 465 g/mol. The van der Waals surface area contributed by atoms with Crippen LogP contribution in [0, 0.1) is 13.8 Å². The second kappa shape index (κ2) is 9.45. The van der Waals surface area contributed by atoms with Crippen LogP contribution in [0.4, 0.5) is 11.6 Å². The van der Waals surface area contributed by atoms with Gasteiger partial charge >= 0.3 is 5.97 Å². The molecule has 0 fully saturated rings. The fourth-order valence-electron chi connectivity index (χ4n) is 3.45. The molecule has 9 nitrogen and oxygen atoms in total. The normalized spacial score (nSPS) is 10.9. The van der Waals surface area contributed by atoms with Crippen molar-refractivity contribution in [2.24, 2.45) is 0 Å². The number of aromatic nitrogens is 5. The fraction of sp³-hybridized carbons (Fsp3) is 0.261. The number of pyridine rings is 1. The van der Waals surface area contributed by atoms with Crippen LogP contribution >= 0.6 is 11.8 Å². The summed E-state index contributed by atoms with van der Waals surface area (Å²) in [7, 11) is 1.62. The molecule has 1 aromatic carbocycles. The number of methoxy groups -OCH3 is 1. The average Bonchev–Trinajstić information content (AvgIpc) is 3.18. The number of para-hydroxylation sites is 1. The van der Waals surface area contributed by atoms with E-state index in [4.69, 9.17) is 14.5 Å². The molecule has 0 spiro atoms. The molecule has 0 aliphatic heterocycles. The number of esters is 1. The predicted molar refractivity (Wildman–Crippen MR) is 128 cm³/mol. The summed E-state index contributed by atoms with van der Waals surface area (Å²) >= 11 is 1.38. The quantitative estimate of drug-likeness (QED) is 0.241. The van der Waals surface area contributed by atoms with Gasteiger partial charge in [0.05, 0.1) is 19.4 Å². The Morgan fingerprint density at radius 2 is 2.03 bits per heavy atom. The van der Waals surface area contributed by atoms with Crippen LogP contribution in [0.25, 0.3) is 16.7 Å². The Morgan fingerprint density at radius 1 is 1.21 bits per heavy atom. The summed E-state index contributed by atoms with van der Waals surface area (Å²) in [5, 5.41) is 9.38. The number of aryl methyl sites for hydroxylation is 2. The van der Waals surface area contributed by atoms with E-state index in [1.54, 1.807) is 18.7 Å². The number of nitrogens with one attached hydrogen (secondary N) is 1. The van der Waals surface area contributed by atoms with Crippen LogP contribution in [-0.4, -0.2) is 50.7 Å². The highest BCUT2D eigenvalue weighted by Gasteiger charge is 2.19. The van der Waals surface area contributed by atoms with Crippen LogP contribution in [0.3, 0.4) is 0 Å². The number of ether oxygens (including phenoxy) is 2. The summed E-state index contributed by atoms with van der Waals surface area (Å²) in [6, 6.07) is 9.64. The van der Waals surface area contributed by atoms with Crippen molar-refractivity contribution >= 4 is 40.3 Å². The number of anilines is 2. The van der Waals surface area contributed by atoms with Gasteiger partial charge in [-0.15, -0.1) is 0 Å². The lowest BCUT2D eigenvalue weighted by Crippen LogP contribution is -2.12. The third-order valence-corrected chi connectivity index (χ3v) is 5.52. The molecule has 3 aromatic heterocycles. The molecule has 0 aliphatic carbocycles. The molecule has 0 atom stereocenters. The van der Waals surface area contributed by atoms with Gasteiger partial charge in [-0.05, 0) is 44.7 Å². The second-order valence-electron chi connectivity index (χ2n) is 7.20. The summed E-state index contributed by atoms with van der Waals surface area (Å²) in [4.78, 5) is 26.0. The number of hydrogen-bond acceptors (Lipinski definition) is 9. The van der Waals surface area contributed by atoms with Gasteiger partial charge in [0.1, 0.15) is 22.6 Å². The molecule has 0 saturated carbocycles. The smallest absolute Gasteiger partial charge is 0.343 e. The molecule has 33 heavy (non-hydrogen) atoms. The zero-order valence-corrected chi connectivity index (χ0v) is 19.9. The summed E-state index contributed by atoms with van der Waals surface area (Å²) in [5.74, 6) is 1.73. The Kier molecular flexibility index (Phi) is 6.45. The first kappa shape index (κ1) is 22.5. The van der Waals surface area contributed by atoms with E-state index in [0.717, 1.165) is 22.2 Å². The number of carbonyl (C=O) groups excluding carboxylic acids is 1. The standard InChI is InChI=1S/C23H24N6O3S/c1-6-32-22(30)16-12-24-23(33-5)27-21(16)26-19-11-14(3)28-29(19)18-10-13(2)15-8-7-9-17(31-4)20(15)25-18/h7-12H,6H2,1-5H3,(H,24,26,27). The Labute approximate surface area is 195 Å². The number of fused-ring (bicyclic) bond motifs is 1. The van der Waals surface area contributed by atoms with Crippen LogP contribution in [0.5, 0.6) is 5.75 Å². The number of benzene rings is 1. The van der Waals surface area contributed by atoms with Crippen LogP contribution in [0.1, 0.15) is 28.5 Å². The minimum atomic E-state index is -0.500. The molecule has 0 saturated heterocycles. The number of nitrogens with zero attached hydrogens (tertiary/aromatic N) is 5. The van der Waals surface area contributed by atoms with Crippen LogP contribution in [0.2, 0.25) is 0 Å². The Morgan fingerprint density at radius 3 is 2.76 bits per heavy atom. The van der Waals surface area contributed by atoms with Crippen LogP contribution < -0.4 is 10.1 Å². The van der Waals surface area contributed by atoms with Crippen molar-refractivity contribution in [1.29, 1.82) is 0 Å². The predicted octanol–water partition coefficient (Wildman–Crippen LogP) is 4.48. The topological polar surface area (TPSA) is 104 Å². The van der Waals surface area contributed by atoms with Crippen molar-refractivity contribution < 1.29 is 14.3 Å². The summed E-state index contributed by atoms with van der Waals surface area (Å²) in [6.07, 6.45) is 3.34. The first-order valence-electron chi connectivity index (χ1n) is 10.3. The van der Waals surface area contributed by atoms with Gasteiger partial charge in [-0.1, -0.05) is 23.9 Å².